The number of anilines is 1. The topological polar surface area (TPSA) is 115 Å². The van der Waals surface area contributed by atoms with Gasteiger partial charge in [-0.1, -0.05) is 31.5 Å². The largest absolute Gasteiger partial charge is 0.465 e. The molecule has 0 amide bonds. The van der Waals surface area contributed by atoms with Crippen molar-refractivity contribution in [1.29, 1.82) is 4.78 Å². The van der Waals surface area contributed by atoms with Gasteiger partial charge in [0.05, 0.1) is 18.4 Å². The van der Waals surface area contributed by atoms with Crippen LogP contribution in [0.15, 0.2) is 47.4 Å². The minimum absolute atomic E-state index is 0.0664. The zero-order valence-corrected chi connectivity index (χ0v) is 15.6. The summed E-state index contributed by atoms with van der Waals surface area (Å²) in [5.74, 6) is 0.0592. The predicted octanol–water partition coefficient (Wildman–Crippen LogP) is 3.76. The van der Waals surface area contributed by atoms with Crippen LogP contribution in [-0.4, -0.2) is 23.8 Å². The van der Waals surface area contributed by atoms with Gasteiger partial charge in [-0.25, -0.2) is 18.9 Å². The Morgan fingerprint density at radius 3 is 2.54 bits per heavy atom. The van der Waals surface area contributed by atoms with Gasteiger partial charge in [0, 0.05) is 6.54 Å². The second-order valence-electron chi connectivity index (χ2n) is 5.64. The Balaban J connectivity index is 2.60. The highest BCUT2D eigenvalue weighted by Crippen LogP contribution is 2.37. The summed E-state index contributed by atoms with van der Waals surface area (Å²) in [6.07, 6.45) is 1.86. The number of carbonyl (C=O) groups excluding carboxylic acids is 1. The van der Waals surface area contributed by atoms with Gasteiger partial charge in [-0.2, -0.15) is 0 Å². The van der Waals surface area contributed by atoms with Crippen molar-refractivity contribution in [2.24, 2.45) is 5.14 Å². The van der Waals surface area contributed by atoms with E-state index >= 15 is 0 Å². The van der Waals surface area contributed by atoms with Gasteiger partial charge in [0.2, 0.25) is 0 Å². The number of rotatable bonds is 8. The highest BCUT2D eigenvalue weighted by molar-refractivity contribution is 7.90. The molecule has 7 nitrogen and oxygen atoms in total. The molecule has 0 spiro atoms. The number of unbranched alkanes of at least 4 members (excludes halogenated alkanes) is 1. The second kappa shape index (κ2) is 8.68. The summed E-state index contributed by atoms with van der Waals surface area (Å²) in [6, 6.07) is 11.7. The summed E-state index contributed by atoms with van der Waals surface area (Å²) in [4.78, 5) is 11.9. The lowest BCUT2D eigenvalue weighted by Gasteiger charge is -2.18. The average Bonchev–Trinajstić information content (AvgIpc) is 2.62. The van der Waals surface area contributed by atoms with Crippen LogP contribution in [0.5, 0.6) is 11.5 Å². The van der Waals surface area contributed by atoms with Gasteiger partial charge in [0.1, 0.15) is 20.6 Å². The molecule has 0 aliphatic heterocycles. The summed E-state index contributed by atoms with van der Waals surface area (Å²) in [6.45, 7) is 2.67. The number of nitrogens with one attached hydrogen (secondary N) is 2. The van der Waals surface area contributed by atoms with Crippen LogP contribution in [0.1, 0.15) is 30.1 Å². The third-order valence-electron chi connectivity index (χ3n) is 3.61. The molecule has 0 radical (unpaired) electrons. The Bertz CT molecular complexity index is 868. The maximum absolute atomic E-state index is 12.3. The van der Waals surface area contributed by atoms with Crippen molar-refractivity contribution in [3.63, 3.8) is 0 Å². The summed E-state index contributed by atoms with van der Waals surface area (Å²) in [5, 5.41) is 8.75. The van der Waals surface area contributed by atoms with E-state index in [0.717, 1.165) is 12.8 Å². The molecule has 1 atom stereocenters. The monoisotopic (exact) mass is 377 g/mol. The molecule has 0 saturated heterocycles. The third-order valence-corrected chi connectivity index (χ3v) is 4.57. The number of methoxy groups -OCH3 is 1. The van der Waals surface area contributed by atoms with Crippen molar-refractivity contribution in [3.05, 3.63) is 48.0 Å². The first-order valence-electron chi connectivity index (χ1n) is 8.16. The number of hydrogen-bond acceptors (Lipinski definition) is 6. The minimum atomic E-state index is -3.64. The number of ether oxygens (including phenoxy) is 2. The predicted molar refractivity (Wildman–Crippen MR) is 101 cm³/mol. The lowest BCUT2D eigenvalue weighted by Crippen LogP contribution is -2.15. The molecule has 140 valence electrons. The van der Waals surface area contributed by atoms with E-state index in [2.05, 4.69) is 12.2 Å². The van der Waals surface area contributed by atoms with Gasteiger partial charge in [0.15, 0.2) is 5.75 Å². The number of nitrogens with two attached hydrogens (primary N) is 1. The molecule has 0 aliphatic carbocycles. The fraction of sp³-hybridized carbons (Fsp3) is 0.278. The van der Waals surface area contributed by atoms with Gasteiger partial charge >= 0.3 is 5.97 Å². The molecule has 0 fully saturated rings. The van der Waals surface area contributed by atoms with Gasteiger partial charge in [-0.15, -0.1) is 0 Å². The van der Waals surface area contributed by atoms with Crippen LogP contribution in [0.4, 0.5) is 5.69 Å². The van der Waals surface area contributed by atoms with Crippen molar-refractivity contribution >= 4 is 21.6 Å². The van der Waals surface area contributed by atoms with Crippen molar-refractivity contribution in [2.75, 3.05) is 19.0 Å². The molecule has 0 bridgehead atoms. The van der Waals surface area contributed by atoms with Crippen LogP contribution < -0.4 is 15.2 Å². The van der Waals surface area contributed by atoms with Crippen LogP contribution in [0.25, 0.3) is 0 Å². The minimum Gasteiger partial charge on any atom is -0.465 e. The number of para-hydroxylation sites is 1. The summed E-state index contributed by atoms with van der Waals surface area (Å²) < 4.78 is 30.8. The molecule has 2 rings (SSSR count). The molecule has 0 aliphatic rings. The first-order valence-corrected chi connectivity index (χ1v) is 9.78. The first-order chi connectivity index (χ1) is 12.4. The Kier molecular flexibility index (Phi) is 6.59. The average molecular weight is 377 g/mol. The quantitative estimate of drug-likeness (QED) is 0.479. The van der Waals surface area contributed by atoms with Gasteiger partial charge in [-0.05, 0) is 30.7 Å². The fourth-order valence-corrected chi connectivity index (χ4v) is 3.04. The van der Waals surface area contributed by atoms with E-state index in [1.807, 2.05) is 6.07 Å². The molecule has 1 unspecified atom stereocenters. The fourth-order valence-electron chi connectivity index (χ4n) is 2.31. The summed E-state index contributed by atoms with van der Waals surface area (Å²) in [5.41, 5.74) is 0.581. The van der Waals surface area contributed by atoms with E-state index in [1.165, 1.54) is 13.2 Å². The Labute approximate surface area is 153 Å². The Morgan fingerprint density at radius 1 is 1.27 bits per heavy atom. The molecule has 2 aromatic carbocycles. The molecule has 2 aromatic rings. The lowest BCUT2D eigenvalue weighted by molar-refractivity contribution is 0.0600. The Morgan fingerprint density at radius 2 is 1.96 bits per heavy atom. The number of hydrogen-bond donors (Lipinski definition) is 3. The van der Waals surface area contributed by atoms with Crippen molar-refractivity contribution in [3.8, 4) is 11.5 Å². The van der Waals surface area contributed by atoms with Crippen LogP contribution in [0.2, 0.25) is 0 Å². The van der Waals surface area contributed by atoms with E-state index in [1.54, 1.807) is 30.3 Å². The van der Waals surface area contributed by atoms with Crippen molar-refractivity contribution < 1.29 is 18.5 Å². The molecule has 0 saturated carbocycles. The molecular formula is C18H23N3O4S. The van der Waals surface area contributed by atoms with E-state index in [9.17, 15) is 9.00 Å². The number of carbonyl (C=O) groups is 1. The van der Waals surface area contributed by atoms with E-state index in [-0.39, 0.29) is 16.2 Å². The van der Waals surface area contributed by atoms with Crippen molar-refractivity contribution in [2.45, 2.75) is 24.7 Å². The maximum Gasteiger partial charge on any atom is 0.337 e. The summed E-state index contributed by atoms with van der Waals surface area (Å²) in [7, 11) is -2.39. The highest BCUT2D eigenvalue weighted by atomic mass is 32.2. The lowest BCUT2D eigenvalue weighted by atomic mass is 10.1. The standard InChI is InChI=1S/C18H23N3O4S/c1-3-4-10-21-15-11-13(18(22)24-2)12-16(26(19,20)23)17(15)25-14-8-6-5-7-9-14/h5-9,11-12,21H,3-4,10H2,1-2H3,(H3,19,20,23). The molecule has 26 heavy (non-hydrogen) atoms. The highest BCUT2D eigenvalue weighted by Gasteiger charge is 2.22. The molecule has 4 N–H and O–H groups in total. The zero-order valence-electron chi connectivity index (χ0n) is 14.8. The van der Waals surface area contributed by atoms with Crippen LogP contribution in [0, 0.1) is 4.78 Å². The maximum atomic E-state index is 12.3. The van der Waals surface area contributed by atoms with Gasteiger partial charge < -0.3 is 14.8 Å². The number of benzene rings is 2. The van der Waals surface area contributed by atoms with Crippen LogP contribution in [-0.2, 0) is 14.7 Å². The van der Waals surface area contributed by atoms with Gasteiger partial charge in [0.25, 0.3) is 0 Å². The van der Waals surface area contributed by atoms with E-state index in [4.69, 9.17) is 19.4 Å². The van der Waals surface area contributed by atoms with Gasteiger partial charge in [-0.3, -0.25) is 0 Å². The van der Waals surface area contributed by atoms with Crippen LogP contribution >= 0.6 is 0 Å². The zero-order chi connectivity index (χ0) is 19.2. The number of esters is 1. The first kappa shape index (κ1) is 19.7. The second-order valence-corrected chi connectivity index (χ2v) is 7.28. The van der Waals surface area contributed by atoms with E-state index in [0.29, 0.717) is 18.0 Å². The van der Waals surface area contributed by atoms with Crippen LogP contribution in [0.3, 0.4) is 0 Å². The normalized spacial score (nSPS) is 12.9. The Hall–Kier alpha value is -2.58. The molecular weight excluding hydrogens is 354 g/mol. The molecule has 0 aromatic heterocycles. The third kappa shape index (κ3) is 4.96. The van der Waals surface area contributed by atoms with Crippen molar-refractivity contribution in [1.82, 2.24) is 0 Å². The smallest absolute Gasteiger partial charge is 0.337 e. The SMILES string of the molecule is CCCCNc1cc(C(=O)OC)cc(S(=N)(N)=O)c1Oc1ccccc1. The van der Waals surface area contributed by atoms with E-state index < -0.39 is 15.9 Å². The molecule has 0 heterocycles. The molecule has 8 heteroatoms. The summed E-state index contributed by atoms with van der Waals surface area (Å²) >= 11 is 0.